The first-order chi connectivity index (χ1) is 9.60. The number of hydrogen-bond donors (Lipinski definition) is 2. The quantitative estimate of drug-likeness (QED) is 0.887. The molecule has 20 heavy (non-hydrogen) atoms. The van der Waals surface area contributed by atoms with Gasteiger partial charge < -0.3 is 15.8 Å². The lowest BCUT2D eigenvalue weighted by Gasteiger charge is -2.09. The van der Waals surface area contributed by atoms with Crippen molar-refractivity contribution < 1.29 is 9.53 Å². The maximum atomic E-state index is 11.0. The topological polar surface area (TPSA) is 77.2 Å². The second-order valence-electron chi connectivity index (χ2n) is 4.11. The zero-order chi connectivity index (χ0) is 14.5. The molecule has 6 heteroatoms. The zero-order valence-electron chi connectivity index (χ0n) is 10.9. The Morgan fingerprint density at radius 2 is 2.20 bits per heavy atom. The van der Waals surface area contributed by atoms with Crippen molar-refractivity contribution >= 4 is 23.2 Å². The molecule has 0 aliphatic heterocycles. The van der Waals surface area contributed by atoms with Crippen molar-refractivity contribution in [2.75, 3.05) is 12.4 Å². The molecule has 1 heterocycles. The fraction of sp³-hybridized carbons (Fsp3) is 0.143. The van der Waals surface area contributed by atoms with Gasteiger partial charge in [0.25, 0.3) is 0 Å². The van der Waals surface area contributed by atoms with Crippen LogP contribution in [0.15, 0.2) is 36.5 Å². The van der Waals surface area contributed by atoms with E-state index in [0.29, 0.717) is 23.0 Å². The van der Waals surface area contributed by atoms with Crippen LogP contribution in [0.5, 0.6) is 5.88 Å². The Balaban J connectivity index is 2.04. The number of nitrogens with one attached hydrogen (secondary N) is 1. The Hall–Kier alpha value is -2.27. The second-order valence-corrected chi connectivity index (χ2v) is 4.52. The van der Waals surface area contributed by atoms with Gasteiger partial charge >= 0.3 is 0 Å². The van der Waals surface area contributed by atoms with Crippen molar-refractivity contribution in [3.8, 4) is 5.88 Å². The average Bonchev–Trinajstić information content (AvgIpc) is 2.46. The van der Waals surface area contributed by atoms with Gasteiger partial charge in [-0.15, -0.1) is 0 Å². The minimum Gasteiger partial charge on any atom is -0.481 e. The first-order valence-electron chi connectivity index (χ1n) is 5.92. The van der Waals surface area contributed by atoms with Crippen molar-refractivity contribution in [2.45, 2.75) is 6.54 Å². The van der Waals surface area contributed by atoms with Crippen LogP contribution >= 0.6 is 11.6 Å². The number of methoxy groups -OCH3 is 1. The highest BCUT2D eigenvalue weighted by Crippen LogP contribution is 2.19. The van der Waals surface area contributed by atoms with Gasteiger partial charge in [-0.25, -0.2) is 4.98 Å². The SMILES string of the molecule is COc1ccc(NCc2ccc(C(N)=O)cc2Cl)cn1. The number of carbonyl (C=O) groups is 1. The molecule has 2 aromatic rings. The van der Waals surface area contributed by atoms with Gasteiger partial charge in [0.15, 0.2) is 0 Å². The zero-order valence-corrected chi connectivity index (χ0v) is 11.6. The van der Waals surface area contributed by atoms with Gasteiger partial charge in [0, 0.05) is 23.2 Å². The summed E-state index contributed by atoms with van der Waals surface area (Å²) in [4.78, 5) is 15.1. The molecular weight excluding hydrogens is 278 g/mol. The third-order valence-corrected chi connectivity index (χ3v) is 3.12. The Bertz CT molecular complexity index is 614. The van der Waals surface area contributed by atoms with E-state index in [1.807, 2.05) is 6.07 Å². The monoisotopic (exact) mass is 291 g/mol. The molecule has 2 rings (SSSR count). The summed E-state index contributed by atoms with van der Waals surface area (Å²) in [7, 11) is 1.56. The fourth-order valence-electron chi connectivity index (χ4n) is 1.65. The fourth-order valence-corrected chi connectivity index (χ4v) is 1.89. The molecule has 1 aromatic heterocycles. The molecule has 0 aliphatic carbocycles. The highest BCUT2D eigenvalue weighted by molar-refractivity contribution is 6.31. The lowest BCUT2D eigenvalue weighted by molar-refractivity contribution is 0.100. The number of aromatic nitrogens is 1. The predicted octanol–water partition coefficient (Wildman–Crippen LogP) is 2.45. The van der Waals surface area contributed by atoms with Crippen molar-refractivity contribution in [1.29, 1.82) is 0 Å². The maximum absolute atomic E-state index is 11.0. The molecule has 0 saturated heterocycles. The molecule has 3 N–H and O–H groups in total. The number of amides is 1. The lowest BCUT2D eigenvalue weighted by Crippen LogP contribution is -2.11. The first kappa shape index (κ1) is 14.1. The van der Waals surface area contributed by atoms with Crippen LogP contribution < -0.4 is 15.8 Å². The number of benzene rings is 1. The molecule has 0 fully saturated rings. The van der Waals surface area contributed by atoms with Crippen molar-refractivity contribution in [2.24, 2.45) is 5.73 Å². The number of hydrogen-bond acceptors (Lipinski definition) is 4. The van der Waals surface area contributed by atoms with E-state index in [1.54, 1.807) is 37.6 Å². The Morgan fingerprint density at radius 1 is 1.40 bits per heavy atom. The van der Waals surface area contributed by atoms with E-state index in [-0.39, 0.29) is 0 Å². The molecule has 0 radical (unpaired) electrons. The molecule has 0 unspecified atom stereocenters. The number of rotatable bonds is 5. The van der Waals surface area contributed by atoms with Crippen LogP contribution in [0.2, 0.25) is 5.02 Å². The van der Waals surface area contributed by atoms with Gasteiger partial charge in [-0.3, -0.25) is 4.79 Å². The van der Waals surface area contributed by atoms with E-state index in [9.17, 15) is 4.79 Å². The van der Waals surface area contributed by atoms with Gasteiger partial charge in [0.1, 0.15) is 0 Å². The maximum Gasteiger partial charge on any atom is 0.248 e. The third kappa shape index (κ3) is 3.39. The van der Waals surface area contributed by atoms with Gasteiger partial charge in [-0.2, -0.15) is 0 Å². The van der Waals surface area contributed by atoms with Crippen LogP contribution in [-0.4, -0.2) is 18.0 Å². The van der Waals surface area contributed by atoms with Crippen molar-refractivity contribution in [3.63, 3.8) is 0 Å². The summed E-state index contributed by atoms with van der Waals surface area (Å²) in [6, 6.07) is 8.61. The number of anilines is 1. The number of nitrogens with zero attached hydrogens (tertiary/aromatic N) is 1. The molecule has 0 spiro atoms. The number of carbonyl (C=O) groups excluding carboxylic acids is 1. The molecule has 1 aromatic carbocycles. The Labute approximate surface area is 121 Å². The van der Waals surface area contributed by atoms with Crippen LogP contribution in [0.3, 0.4) is 0 Å². The van der Waals surface area contributed by atoms with Crippen LogP contribution in [0.25, 0.3) is 0 Å². The van der Waals surface area contributed by atoms with Gasteiger partial charge in [0.05, 0.1) is 19.0 Å². The molecule has 1 amide bonds. The van der Waals surface area contributed by atoms with E-state index in [1.165, 1.54) is 0 Å². The summed E-state index contributed by atoms with van der Waals surface area (Å²) < 4.78 is 4.98. The summed E-state index contributed by atoms with van der Waals surface area (Å²) in [5, 5.41) is 3.68. The van der Waals surface area contributed by atoms with E-state index in [0.717, 1.165) is 11.3 Å². The first-order valence-corrected chi connectivity index (χ1v) is 6.30. The highest BCUT2D eigenvalue weighted by Gasteiger charge is 2.05. The number of pyridine rings is 1. The van der Waals surface area contributed by atoms with E-state index < -0.39 is 5.91 Å². The lowest BCUT2D eigenvalue weighted by atomic mass is 10.1. The van der Waals surface area contributed by atoms with Gasteiger partial charge in [-0.1, -0.05) is 17.7 Å². The number of halogens is 1. The normalized spacial score (nSPS) is 10.1. The molecule has 0 atom stereocenters. The average molecular weight is 292 g/mol. The van der Waals surface area contributed by atoms with Gasteiger partial charge in [0.2, 0.25) is 11.8 Å². The summed E-state index contributed by atoms with van der Waals surface area (Å²) in [6.07, 6.45) is 1.67. The molecular formula is C14H14ClN3O2. The molecule has 104 valence electrons. The molecule has 0 bridgehead atoms. The summed E-state index contributed by atoms with van der Waals surface area (Å²) >= 11 is 6.10. The smallest absolute Gasteiger partial charge is 0.248 e. The van der Waals surface area contributed by atoms with Crippen molar-refractivity contribution in [3.05, 3.63) is 52.7 Å². The molecule has 5 nitrogen and oxygen atoms in total. The largest absolute Gasteiger partial charge is 0.481 e. The number of nitrogens with two attached hydrogens (primary N) is 1. The minimum absolute atomic E-state index is 0.393. The highest BCUT2D eigenvalue weighted by atomic mass is 35.5. The Kier molecular flexibility index (Phi) is 4.42. The van der Waals surface area contributed by atoms with Crippen LogP contribution in [0.4, 0.5) is 5.69 Å². The standard InChI is InChI=1S/C14H14ClN3O2/c1-20-13-5-4-11(8-18-13)17-7-10-3-2-9(14(16)19)6-12(10)15/h2-6,8,17H,7H2,1H3,(H2,16,19). The second kappa shape index (κ2) is 6.25. The van der Waals surface area contributed by atoms with Crippen LogP contribution in [0, 0.1) is 0 Å². The van der Waals surface area contributed by atoms with Crippen molar-refractivity contribution in [1.82, 2.24) is 4.98 Å². The van der Waals surface area contributed by atoms with Gasteiger partial charge in [-0.05, 0) is 23.8 Å². The van der Waals surface area contributed by atoms with Crippen LogP contribution in [-0.2, 0) is 6.54 Å². The third-order valence-electron chi connectivity index (χ3n) is 2.77. The number of ether oxygens (including phenoxy) is 1. The van der Waals surface area contributed by atoms with E-state index >= 15 is 0 Å². The summed E-state index contributed by atoms with van der Waals surface area (Å²) in [6.45, 7) is 0.520. The molecule has 0 aliphatic rings. The Morgan fingerprint density at radius 3 is 2.75 bits per heavy atom. The van der Waals surface area contributed by atoms with E-state index in [4.69, 9.17) is 22.1 Å². The molecule has 0 saturated carbocycles. The summed E-state index contributed by atoms with van der Waals surface area (Å²) in [5.41, 5.74) is 7.30. The van der Waals surface area contributed by atoms with E-state index in [2.05, 4.69) is 10.3 Å². The minimum atomic E-state index is -0.495. The summed E-state index contributed by atoms with van der Waals surface area (Å²) in [5.74, 6) is 0.0603. The van der Waals surface area contributed by atoms with Crippen LogP contribution in [0.1, 0.15) is 15.9 Å². The number of primary amides is 1. The predicted molar refractivity (Wildman–Crippen MR) is 78.1 cm³/mol.